The third kappa shape index (κ3) is 5.94. The van der Waals surface area contributed by atoms with Crippen molar-refractivity contribution in [2.45, 2.75) is 43.4 Å². The summed E-state index contributed by atoms with van der Waals surface area (Å²) in [7, 11) is 0. The molecule has 2 heterocycles. The van der Waals surface area contributed by atoms with Crippen LogP contribution < -0.4 is 5.32 Å². The summed E-state index contributed by atoms with van der Waals surface area (Å²) in [5.74, 6) is 1.49. The predicted octanol–water partition coefficient (Wildman–Crippen LogP) is 6.22. The molecule has 0 saturated heterocycles. The Morgan fingerprint density at radius 1 is 1.09 bits per heavy atom. The molecular formula is C25H23F3N4O2S. The fourth-order valence-electron chi connectivity index (χ4n) is 3.40. The van der Waals surface area contributed by atoms with E-state index in [0.717, 1.165) is 17.7 Å². The van der Waals surface area contributed by atoms with Gasteiger partial charge in [0.1, 0.15) is 11.6 Å². The molecule has 1 N–H and O–H groups in total. The van der Waals surface area contributed by atoms with E-state index in [1.807, 2.05) is 26.0 Å². The average molecular weight is 501 g/mol. The number of benzene rings is 2. The standard InChI is InChI=1S/C25H23F3N4O2S/c1-16(2)22-30-31-24(32(22)20-6-3-5-19(13-20)25(26,27)28)35-15-17-8-10-18(11-9-17)23(33)29-14-21-7-4-12-34-21/h3-13,16H,14-15H2,1-2H3,(H,29,33). The van der Waals surface area contributed by atoms with Crippen LogP contribution in [0.5, 0.6) is 0 Å². The fraction of sp³-hybridized carbons (Fsp3) is 0.240. The van der Waals surface area contributed by atoms with Crippen molar-refractivity contribution in [1.82, 2.24) is 20.1 Å². The molecule has 0 aliphatic rings. The number of hydrogen-bond donors (Lipinski definition) is 1. The number of furan rings is 1. The van der Waals surface area contributed by atoms with E-state index in [1.54, 1.807) is 41.2 Å². The van der Waals surface area contributed by atoms with Gasteiger partial charge in [-0.05, 0) is 48.0 Å². The van der Waals surface area contributed by atoms with Gasteiger partial charge < -0.3 is 9.73 Å². The maximum atomic E-state index is 13.3. The smallest absolute Gasteiger partial charge is 0.416 e. The molecule has 35 heavy (non-hydrogen) atoms. The second-order valence-electron chi connectivity index (χ2n) is 8.13. The van der Waals surface area contributed by atoms with Gasteiger partial charge in [0.15, 0.2) is 5.16 Å². The van der Waals surface area contributed by atoms with E-state index in [-0.39, 0.29) is 11.8 Å². The Balaban J connectivity index is 1.48. The maximum absolute atomic E-state index is 13.3. The zero-order valence-corrected chi connectivity index (χ0v) is 19.9. The number of halogens is 3. The number of aromatic nitrogens is 3. The third-order valence-electron chi connectivity index (χ3n) is 5.19. The summed E-state index contributed by atoms with van der Waals surface area (Å²) in [6.07, 6.45) is -2.90. The third-order valence-corrected chi connectivity index (χ3v) is 6.19. The minimum absolute atomic E-state index is 0.0367. The number of alkyl halides is 3. The van der Waals surface area contributed by atoms with Gasteiger partial charge in [-0.15, -0.1) is 10.2 Å². The molecular weight excluding hydrogens is 477 g/mol. The minimum Gasteiger partial charge on any atom is -0.467 e. The molecule has 2 aromatic carbocycles. The molecule has 1 amide bonds. The van der Waals surface area contributed by atoms with Gasteiger partial charge in [-0.1, -0.05) is 43.8 Å². The minimum atomic E-state index is -4.44. The molecule has 0 aliphatic heterocycles. The van der Waals surface area contributed by atoms with Gasteiger partial charge in [-0.2, -0.15) is 13.2 Å². The lowest BCUT2D eigenvalue weighted by molar-refractivity contribution is -0.137. The van der Waals surface area contributed by atoms with E-state index in [4.69, 9.17) is 4.42 Å². The summed E-state index contributed by atoms with van der Waals surface area (Å²) in [5.41, 5.74) is 1.08. The van der Waals surface area contributed by atoms with Crippen LogP contribution in [0.3, 0.4) is 0 Å². The number of carbonyl (C=O) groups excluding carboxylic acids is 1. The van der Waals surface area contributed by atoms with E-state index >= 15 is 0 Å². The van der Waals surface area contributed by atoms with E-state index in [0.29, 0.717) is 40.3 Å². The topological polar surface area (TPSA) is 73.0 Å². The summed E-state index contributed by atoms with van der Waals surface area (Å²) in [5, 5.41) is 11.7. The van der Waals surface area contributed by atoms with E-state index in [9.17, 15) is 18.0 Å². The zero-order chi connectivity index (χ0) is 25.0. The Morgan fingerprint density at radius 3 is 2.51 bits per heavy atom. The Bertz CT molecular complexity index is 1280. The lowest BCUT2D eigenvalue weighted by Gasteiger charge is -2.14. The van der Waals surface area contributed by atoms with Crippen molar-refractivity contribution in [3.05, 3.63) is 95.2 Å². The molecule has 6 nitrogen and oxygen atoms in total. The number of nitrogens with zero attached hydrogens (tertiary/aromatic N) is 3. The molecule has 10 heteroatoms. The fourth-order valence-corrected chi connectivity index (χ4v) is 4.31. The largest absolute Gasteiger partial charge is 0.467 e. The molecule has 0 fully saturated rings. The summed E-state index contributed by atoms with van der Waals surface area (Å²) >= 11 is 1.36. The number of amides is 1. The second kappa shape index (κ2) is 10.4. The highest BCUT2D eigenvalue weighted by Crippen LogP contribution is 2.33. The summed E-state index contributed by atoms with van der Waals surface area (Å²) < 4.78 is 46.7. The summed E-state index contributed by atoms with van der Waals surface area (Å²) in [4.78, 5) is 12.3. The van der Waals surface area contributed by atoms with Crippen LogP contribution in [0.4, 0.5) is 13.2 Å². The van der Waals surface area contributed by atoms with Crippen LogP contribution in [0.1, 0.15) is 52.8 Å². The first-order valence-corrected chi connectivity index (χ1v) is 11.9. The Morgan fingerprint density at radius 2 is 1.86 bits per heavy atom. The highest BCUT2D eigenvalue weighted by atomic mass is 32.2. The molecule has 0 spiro atoms. The van der Waals surface area contributed by atoms with Crippen molar-refractivity contribution in [1.29, 1.82) is 0 Å². The van der Waals surface area contributed by atoms with Gasteiger partial charge in [-0.3, -0.25) is 9.36 Å². The van der Waals surface area contributed by atoms with Gasteiger partial charge in [0.25, 0.3) is 5.91 Å². The number of carbonyl (C=O) groups is 1. The number of nitrogens with one attached hydrogen (secondary N) is 1. The zero-order valence-electron chi connectivity index (χ0n) is 19.0. The SMILES string of the molecule is CC(C)c1nnc(SCc2ccc(C(=O)NCc3ccco3)cc2)n1-c1cccc(C(F)(F)F)c1. The van der Waals surface area contributed by atoms with E-state index < -0.39 is 11.7 Å². The van der Waals surface area contributed by atoms with E-state index in [2.05, 4.69) is 15.5 Å². The highest BCUT2D eigenvalue weighted by Gasteiger charge is 2.31. The number of hydrogen-bond acceptors (Lipinski definition) is 5. The van der Waals surface area contributed by atoms with E-state index in [1.165, 1.54) is 17.8 Å². The van der Waals surface area contributed by atoms with Crippen molar-refractivity contribution in [2.24, 2.45) is 0 Å². The van der Waals surface area contributed by atoms with Crippen molar-refractivity contribution in [2.75, 3.05) is 0 Å². The van der Waals surface area contributed by atoms with Gasteiger partial charge in [0.05, 0.1) is 24.1 Å². The number of rotatable bonds is 8. The molecule has 0 unspecified atom stereocenters. The summed E-state index contributed by atoms with van der Waals surface area (Å²) in [6, 6.07) is 15.8. The van der Waals surface area contributed by atoms with Crippen LogP contribution in [0, 0.1) is 0 Å². The average Bonchev–Trinajstić information content (AvgIpc) is 3.51. The van der Waals surface area contributed by atoms with Gasteiger partial charge >= 0.3 is 6.18 Å². The Kier molecular flexibility index (Phi) is 7.30. The highest BCUT2D eigenvalue weighted by molar-refractivity contribution is 7.98. The van der Waals surface area contributed by atoms with Crippen LogP contribution in [0.25, 0.3) is 5.69 Å². The molecule has 0 radical (unpaired) electrons. The van der Waals surface area contributed by atoms with Crippen molar-refractivity contribution >= 4 is 17.7 Å². The van der Waals surface area contributed by atoms with Crippen molar-refractivity contribution in [3.63, 3.8) is 0 Å². The monoisotopic (exact) mass is 500 g/mol. The Hall–Kier alpha value is -3.53. The van der Waals surface area contributed by atoms with Crippen LogP contribution in [-0.4, -0.2) is 20.7 Å². The molecule has 0 bridgehead atoms. The van der Waals surface area contributed by atoms with Crippen molar-refractivity contribution < 1.29 is 22.4 Å². The van der Waals surface area contributed by atoms with Gasteiger partial charge in [0.2, 0.25) is 0 Å². The van der Waals surface area contributed by atoms with Crippen molar-refractivity contribution in [3.8, 4) is 5.69 Å². The molecule has 2 aromatic heterocycles. The molecule has 0 saturated carbocycles. The second-order valence-corrected chi connectivity index (χ2v) is 9.07. The molecule has 0 aliphatic carbocycles. The summed E-state index contributed by atoms with van der Waals surface area (Å²) in [6.45, 7) is 4.13. The van der Waals surface area contributed by atoms with Crippen LogP contribution in [0.15, 0.2) is 76.5 Å². The quantitative estimate of drug-likeness (QED) is 0.291. The van der Waals surface area contributed by atoms with Crippen LogP contribution >= 0.6 is 11.8 Å². The maximum Gasteiger partial charge on any atom is 0.416 e. The predicted molar refractivity (Wildman–Crippen MR) is 126 cm³/mol. The molecule has 4 aromatic rings. The first-order valence-electron chi connectivity index (χ1n) is 10.9. The molecule has 4 rings (SSSR count). The Labute approximate surface area is 204 Å². The van der Waals surface area contributed by atoms with Gasteiger partial charge in [0, 0.05) is 17.2 Å². The lowest BCUT2D eigenvalue weighted by Crippen LogP contribution is -2.22. The van der Waals surface area contributed by atoms with Crippen LogP contribution in [0.2, 0.25) is 0 Å². The first kappa shape index (κ1) is 24.6. The first-order chi connectivity index (χ1) is 16.7. The lowest BCUT2D eigenvalue weighted by atomic mass is 10.1. The number of thioether (sulfide) groups is 1. The molecule has 182 valence electrons. The normalized spacial score (nSPS) is 11.7. The molecule has 0 atom stereocenters. The van der Waals surface area contributed by atoms with Gasteiger partial charge in [-0.25, -0.2) is 0 Å². The van der Waals surface area contributed by atoms with Crippen LogP contribution in [-0.2, 0) is 18.5 Å².